The van der Waals surface area contributed by atoms with Crippen molar-refractivity contribution < 1.29 is 14.3 Å². The Labute approximate surface area is 168 Å². The molecular formula is C21H34N4O3. The van der Waals surface area contributed by atoms with Crippen LogP contribution in [0, 0.1) is 5.92 Å². The average Bonchev–Trinajstić information content (AvgIpc) is 3.46. The van der Waals surface area contributed by atoms with Gasteiger partial charge in [-0.05, 0) is 52.5 Å². The highest BCUT2D eigenvalue weighted by Gasteiger charge is 2.32. The van der Waals surface area contributed by atoms with Crippen LogP contribution in [0.25, 0.3) is 0 Å². The normalized spacial score (nSPS) is 15.5. The highest BCUT2D eigenvalue weighted by atomic mass is 16.5. The molecule has 0 aromatic heterocycles. The maximum absolute atomic E-state index is 11.7. The molecule has 1 fully saturated rings. The van der Waals surface area contributed by atoms with Crippen molar-refractivity contribution in [1.29, 1.82) is 0 Å². The average molecular weight is 391 g/mol. The predicted molar refractivity (Wildman–Crippen MR) is 112 cm³/mol. The molecule has 0 bridgehead atoms. The second kappa shape index (κ2) is 10.2. The third kappa shape index (κ3) is 7.66. The standard InChI is InChI=1S/C21H34N4O3/c1-6-27-20(26)25-17(15-11-12-15)14-24-19(22-5)23-13-16-9-7-8-10-18(16)28-21(2,3)4/h7-10,15,17H,6,11-14H2,1-5H3,(H,25,26)(H2,22,23,24). The number of alkyl carbamates (subject to hydrolysis) is 1. The van der Waals surface area contributed by atoms with Gasteiger partial charge in [0.2, 0.25) is 0 Å². The molecule has 7 heteroatoms. The van der Waals surface area contributed by atoms with E-state index in [1.807, 2.05) is 45.0 Å². The number of carbonyl (C=O) groups is 1. The van der Waals surface area contributed by atoms with Crippen LogP contribution in [0.3, 0.4) is 0 Å². The molecule has 3 N–H and O–H groups in total. The molecule has 1 aliphatic carbocycles. The SMILES string of the molecule is CCOC(=O)NC(CNC(=NC)NCc1ccccc1OC(C)(C)C)C1CC1. The van der Waals surface area contributed by atoms with Crippen molar-refractivity contribution in [2.24, 2.45) is 10.9 Å². The first-order valence-electron chi connectivity index (χ1n) is 9.97. The van der Waals surface area contributed by atoms with Gasteiger partial charge in [0.25, 0.3) is 0 Å². The third-order valence-corrected chi connectivity index (χ3v) is 4.32. The summed E-state index contributed by atoms with van der Waals surface area (Å²) in [6.07, 6.45) is 1.89. The molecule has 1 aromatic rings. The Morgan fingerprint density at radius 2 is 1.96 bits per heavy atom. The molecule has 1 aliphatic rings. The van der Waals surface area contributed by atoms with Crippen LogP contribution < -0.4 is 20.7 Å². The first-order valence-corrected chi connectivity index (χ1v) is 9.97. The lowest BCUT2D eigenvalue weighted by Gasteiger charge is -2.24. The van der Waals surface area contributed by atoms with Crippen LogP contribution in [-0.2, 0) is 11.3 Å². The molecule has 1 amide bonds. The molecule has 28 heavy (non-hydrogen) atoms. The van der Waals surface area contributed by atoms with Gasteiger partial charge in [-0.15, -0.1) is 0 Å². The summed E-state index contributed by atoms with van der Waals surface area (Å²) in [6, 6.07) is 8.02. The van der Waals surface area contributed by atoms with Crippen molar-refractivity contribution in [3.8, 4) is 5.75 Å². The lowest BCUT2D eigenvalue weighted by molar-refractivity contribution is 0.129. The van der Waals surface area contributed by atoms with Crippen molar-refractivity contribution in [3.05, 3.63) is 29.8 Å². The Kier molecular flexibility index (Phi) is 7.96. The maximum atomic E-state index is 11.7. The number of amides is 1. The van der Waals surface area contributed by atoms with Crippen molar-refractivity contribution in [3.63, 3.8) is 0 Å². The predicted octanol–water partition coefficient (Wildman–Crippen LogP) is 3.05. The fraction of sp³-hybridized carbons (Fsp3) is 0.619. The minimum absolute atomic E-state index is 0.0362. The van der Waals surface area contributed by atoms with E-state index in [9.17, 15) is 4.79 Å². The summed E-state index contributed by atoms with van der Waals surface area (Å²) in [5, 5.41) is 9.57. The van der Waals surface area contributed by atoms with Gasteiger partial charge in [0.1, 0.15) is 11.4 Å². The molecule has 1 aromatic carbocycles. The van der Waals surface area contributed by atoms with Gasteiger partial charge < -0.3 is 25.4 Å². The van der Waals surface area contributed by atoms with Crippen molar-refractivity contribution in [2.75, 3.05) is 20.2 Å². The Morgan fingerprint density at radius 3 is 2.57 bits per heavy atom. The van der Waals surface area contributed by atoms with Crippen molar-refractivity contribution in [1.82, 2.24) is 16.0 Å². The molecular weight excluding hydrogens is 356 g/mol. The largest absolute Gasteiger partial charge is 0.488 e. The van der Waals surface area contributed by atoms with E-state index in [1.165, 1.54) is 0 Å². The summed E-state index contributed by atoms with van der Waals surface area (Å²) in [5.41, 5.74) is 0.801. The zero-order valence-corrected chi connectivity index (χ0v) is 17.7. The van der Waals surface area contributed by atoms with Gasteiger partial charge in [0.15, 0.2) is 5.96 Å². The summed E-state index contributed by atoms with van der Waals surface area (Å²) in [7, 11) is 1.73. The summed E-state index contributed by atoms with van der Waals surface area (Å²) in [5.74, 6) is 2.04. The molecule has 2 rings (SSSR count). The number of nitrogens with one attached hydrogen (secondary N) is 3. The minimum atomic E-state index is -0.364. The van der Waals surface area contributed by atoms with Crippen LogP contribution in [0.2, 0.25) is 0 Å². The van der Waals surface area contributed by atoms with Crippen molar-refractivity contribution in [2.45, 2.75) is 58.7 Å². The van der Waals surface area contributed by atoms with Gasteiger partial charge in [0.05, 0.1) is 12.6 Å². The maximum Gasteiger partial charge on any atom is 0.407 e. The second-order valence-corrected chi connectivity index (χ2v) is 7.94. The van der Waals surface area contributed by atoms with Gasteiger partial charge in [-0.1, -0.05) is 18.2 Å². The van der Waals surface area contributed by atoms with Crippen LogP contribution in [0.5, 0.6) is 5.75 Å². The summed E-state index contributed by atoms with van der Waals surface area (Å²) in [6.45, 7) is 9.46. The molecule has 156 valence electrons. The van der Waals surface area contributed by atoms with E-state index in [0.29, 0.717) is 31.6 Å². The Bertz CT molecular complexity index is 666. The first-order chi connectivity index (χ1) is 13.3. The second-order valence-electron chi connectivity index (χ2n) is 7.94. The number of rotatable bonds is 8. The quantitative estimate of drug-likeness (QED) is 0.469. The fourth-order valence-electron chi connectivity index (χ4n) is 2.84. The van der Waals surface area contributed by atoms with Gasteiger partial charge in [-0.2, -0.15) is 0 Å². The molecule has 1 atom stereocenters. The van der Waals surface area contributed by atoms with Crippen LogP contribution >= 0.6 is 0 Å². The molecule has 0 saturated heterocycles. The number of guanidine groups is 1. The van der Waals surface area contributed by atoms with E-state index >= 15 is 0 Å². The van der Waals surface area contributed by atoms with Crippen LogP contribution in [0.4, 0.5) is 4.79 Å². The van der Waals surface area contributed by atoms with E-state index in [0.717, 1.165) is 24.2 Å². The minimum Gasteiger partial charge on any atom is -0.488 e. The lowest BCUT2D eigenvalue weighted by atomic mass is 10.1. The number of hydrogen-bond acceptors (Lipinski definition) is 4. The van der Waals surface area contributed by atoms with E-state index in [1.54, 1.807) is 14.0 Å². The Hall–Kier alpha value is -2.44. The molecule has 0 spiro atoms. The van der Waals surface area contributed by atoms with E-state index in [2.05, 4.69) is 20.9 Å². The monoisotopic (exact) mass is 390 g/mol. The summed E-state index contributed by atoms with van der Waals surface area (Å²) < 4.78 is 11.0. The van der Waals surface area contributed by atoms with Crippen LogP contribution in [0.15, 0.2) is 29.3 Å². The highest BCUT2D eigenvalue weighted by Crippen LogP contribution is 2.32. The number of para-hydroxylation sites is 1. The topological polar surface area (TPSA) is 84.0 Å². The number of nitrogens with zero attached hydrogens (tertiary/aromatic N) is 1. The van der Waals surface area contributed by atoms with Crippen molar-refractivity contribution >= 4 is 12.1 Å². The van der Waals surface area contributed by atoms with Gasteiger partial charge in [0, 0.05) is 25.7 Å². The summed E-state index contributed by atoms with van der Waals surface area (Å²) in [4.78, 5) is 16.0. The molecule has 7 nitrogen and oxygen atoms in total. The lowest BCUT2D eigenvalue weighted by Crippen LogP contribution is -2.48. The summed E-state index contributed by atoms with van der Waals surface area (Å²) >= 11 is 0. The Balaban J connectivity index is 1.88. The van der Waals surface area contributed by atoms with Gasteiger partial charge >= 0.3 is 6.09 Å². The van der Waals surface area contributed by atoms with E-state index in [4.69, 9.17) is 9.47 Å². The van der Waals surface area contributed by atoms with E-state index < -0.39 is 0 Å². The number of benzene rings is 1. The zero-order chi connectivity index (χ0) is 20.6. The molecule has 0 aliphatic heterocycles. The molecule has 1 saturated carbocycles. The van der Waals surface area contributed by atoms with Gasteiger partial charge in [-0.25, -0.2) is 4.79 Å². The third-order valence-electron chi connectivity index (χ3n) is 4.32. The molecule has 0 heterocycles. The van der Waals surface area contributed by atoms with Crippen LogP contribution in [0.1, 0.15) is 46.1 Å². The van der Waals surface area contributed by atoms with E-state index in [-0.39, 0.29) is 17.7 Å². The fourth-order valence-corrected chi connectivity index (χ4v) is 2.84. The smallest absolute Gasteiger partial charge is 0.407 e. The van der Waals surface area contributed by atoms with Crippen LogP contribution in [-0.4, -0.2) is 43.9 Å². The zero-order valence-electron chi connectivity index (χ0n) is 17.7. The molecule has 0 radical (unpaired) electrons. The Morgan fingerprint density at radius 1 is 1.25 bits per heavy atom. The number of ether oxygens (including phenoxy) is 2. The first kappa shape index (κ1) is 21.9. The molecule has 1 unspecified atom stereocenters. The highest BCUT2D eigenvalue weighted by molar-refractivity contribution is 5.79. The number of carbonyl (C=O) groups excluding carboxylic acids is 1. The van der Waals surface area contributed by atoms with Gasteiger partial charge in [-0.3, -0.25) is 4.99 Å². The number of hydrogen-bond donors (Lipinski definition) is 3. The number of aliphatic imine (C=N–C) groups is 1.